The van der Waals surface area contributed by atoms with Gasteiger partial charge in [-0.2, -0.15) is 0 Å². The van der Waals surface area contributed by atoms with Gasteiger partial charge in [0.1, 0.15) is 6.10 Å². The third kappa shape index (κ3) is 4.12. The summed E-state index contributed by atoms with van der Waals surface area (Å²) in [5, 5.41) is 0. The van der Waals surface area contributed by atoms with Crippen LogP contribution in [-0.4, -0.2) is 12.7 Å². The van der Waals surface area contributed by atoms with Crippen LogP contribution < -0.4 is 0 Å². The van der Waals surface area contributed by atoms with Crippen molar-refractivity contribution in [1.82, 2.24) is 0 Å². The van der Waals surface area contributed by atoms with Crippen LogP contribution in [0.3, 0.4) is 0 Å². The molecule has 0 heterocycles. The van der Waals surface area contributed by atoms with Gasteiger partial charge in [-0.1, -0.05) is 75.7 Å². The molecule has 1 aliphatic rings. The van der Waals surface area contributed by atoms with Crippen molar-refractivity contribution in [1.29, 1.82) is 0 Å². The van der Waals surface area contributed by atoms with Crippen molar-refractivity contribution in [3.05, 3.63) is 0 Å². The molecule has 2 atom stereocenters. The van der Waals surface area contributed by atoms with Crippen LogP contribution in [0.25, 0.3) is 0 Å². The van der Waals surface area contributed by atoms with E-state index in [0.29, 0.717) is 12.5 Å². The van der Waals surface area contributed by atoms with Crippen molar-refractivity contribution < 1.29 is 9.78 Å². The van der Waals surface area contributed by atoms with Gasteiger partial charge in [0, 0.05) is 5.41 Å². The molecular weight excluding hydrogens is 284 g/mol. The average molecular weight is 327 g/mol. The lowest BCUT2D eigenvalue weighted by Crippen LogP contribution is -2.63. The van der Waals surface area contributed by atoms with E-state index >= 15 is 0 Å². The molecule has 0 aromatic carbocycles. The Morgan fingerprint density at radius 2 is 1.48 bits per heavy atom. The van der Waals surface area contributed by atoms with Crippen LogP contribution in [0.4, 0.5) is 0 Å². The number of hydrogen-bond donors (Lipinski definition) is 0. The van der Waals surface area contributed by atoms with E-state index in [9.17, 15) is 0 Å². The summed E-state index contributed by atoms with van der Waals surface area (Å²) in [4.78, 5) is 11.9. The molecule has 0 amide bonds. The third-order valence-corrected chi connectivity index (χ3v) is 6.12. The van der Waals surface area contributed by atoms with E-state index in [0.717, 1.165) is 12.8 Å². The topological polar surface area (TPSA) is 18.5 Å². The molecule has 2 unspecified atom stereocenters. The largest absolute Gasteiger partial charge is 0.236 e. The van der Waals surface area contributed by atoms with Crippen molar-refractivity contribution in [3.63, 3.8) is 0 Å². The molecule has 138 valence electrons. The van der Waals surface area contributed by atoms with Gasteiger partial charge in [0.2, 0.25) is 0 Å². The first kappa shape index (κ1) is 21.0. The molecule has 2 nitrogen and oxygen atoms in total. The monoisotopic (exact) mass is 326 g/mol. The van der Waals surface area contributed by atoms with Crippen LogP contribution in [0.15, 0.2) is 0 Å². The van der Waals surface area contributed by atoms with Crippen LogP contribution in [0, 0.1) is 27.6 Å². The molecule has 0 spiro atoms. The highest BCUT2D eigenvalue weighted by Gasteiger charge is 2.63. The van der Waals surface area contributed by atoms with Gasteiger partial charge in [-0.15, -0.1) is 0 Å². The summed E-state index contributed by atoms with van der Waals surface area (Å²) in [5.74, 6) is 0.707. The lowest BCUT2D eigenvalue weighted by molar-refractivity contribution is -0.393. The van der Waals surface area contributed by atoms with Gasteiger partial charge in [0.05, 0.1) is 6.61 Å². The van der Waals surface area contributed by atoms with Crippen LogP contribution >= 0.6 is 0 Å². The molecule has 2 heteroatoms. The number of hydrogen-bond acceptors (Lipinski definition) is 2. The van der Waals surface area contributed by atoms with E-state index in [1.165, 1.54) is 12.8 Å². The average Bonchev–Trinajstić information content (AvgIpc) is 2.32. The molecule has 1 saturated carbocycles. The molecule has 0 aromatic rings. The normalized spacial score (nSPS) is 27.9. The minimum atomic E-state index is 0.0768. The fourth-order valence-electron chi connectivity index (χ4n) is 5.46. The lowest BCUT2D eigenvalue weighted by Gasteiger charge is -2.64. The van der Waals surface area contributed by atoms with E-state index < -0.39 is 0 Å². The van der Waals surface area contributed by atoms with E-state index in [-0.39, 0.29) is 27.8 Å². The van der Waals surface area contributed by atoms with Gasteiger partial charge in [0.25, 0.3) is 0 Å². The Balaban J connectivity index is 3.28. The van der Waals surface area contributed by atoms with Gasteiger partial charge in [-0.25, -0.2) is 9.78 Å². The zero-order valence-electron chi connectivity index (χ0n) is 17.5. The molecule has 1 fully saturated rings. The summed E-state index contributed by atoms with van der Waals surface area (Å²) < 4.78 is 0. The Labute approximate surface area is 145 Å². The standard InChI is InChI=1S/C21H42O2/c1-11-12-13-22-23-17-20(9,10)14-16(2)15-21(17,18(3,4)5)19(6,7)8/h16-17H,11-15H2,1-10H3. The van der Waals surface area contributed by atoms with Crippen molar-refractivity contribution in [2.75, 3.05) is 6.61 Å². The van der Waals surface area contributed by atoms with E-state index in [2.05, 4.69) is 69.2 Å². The molecular formula is C21H42O2. The zero-order valence-corrected chi connectivity index (χ0v) is 17.5. The summed E-state index contributed by atoms with van der Waals surface area (Å²) in [5.41, 5.74) is 0.490. The van der Waals surface area contributed by atoms with Gasteiger partial charge in [0.15, 0.2) is 0 Å². The van der Waals surface area contributed by atoms with Gasteiger partial charge in [-0.05, 0) is 41.4 Å². The van der Waals surface area contributed by atoms with Crippen LogP contribution in [0.2, 0.25) is 0 Å². The Hall–Kier alpha value is -0.0800. The van der Waals surface area contributed by atoms with Crippen molar-refractivity contribution >= 4 is 0 Å². The Morgan fingerprint density at radius 1 is 0.957 bits per heavy atom. The second-order valence-electron chi connectivity index (χ2n) is 10.6. The SMILES string of the molecule is CCCCOOC1C(C)(C)CC(C)CC1(C(C)(C)C)C(C)(C)C. The molecule has 0 N–H and O–H groups in total. The molecule has 23 heavy (non-hydrogen) atoms. The van der Waals surface area contributed by atoms with Crippen molar-refractivity contribution in [2.45, 2.75) is 101 Å². The highest BCUT2D eigenvalue weighted by atomic mass is 17.2. The van der Waals surface area contributed by atoms with E-state index in [1.54, 1.807) is 0 Å². The molecule has 0 radical (unpaired) electrons. The fraction of sp³-hybridized carbons (Fsp3) is 1.00. The summed E-state index contributed by atoms with van der Waals surface area (Å²) >= 11 is 0. The smallest absolute Gasteiger partial charge is 0.105 e. The summed E-state index contributed by atoms with van der Waals surface area (Å²) in [6.45, 7) is 24.3. The van der Waals surface area contributed by atoms with Crippen LogP contribution in [0.5, 0.6) is 0 Å². The van der Waals surface area contributed by atoms with Crippen LogP contribution in [-0.2, 0) is 9.78 Å². The predicted molar refractivity (Wildman–Crippen MR) is 99.3 cm³/mol. The minimum Gasteiger partial charge on any atom is -0.236 e. The summed E-state index contributed by atoms with van der Waals surface area (Å²) in [6.07, 6.45) is 4.70. The first-order valence-corrected chi connectivity index (χ1v) is 9.58. The van der Waals surface area contributed by atoms with E-state index in [4.69, 9.17) is 9.78 Å². The fourth-order valence-corrected chi connectivity index (χ4v) is 5.46. The van der Waals surface area contributed by atoms with Gasteiger partial charge < -0.3 is 0 Å². The molecule has 0 saturated heterocycles. The van der Waals surface area contributed by atoms with E-state index in [1.807, 2.05) is 0 Å². The van der Waals surface area contributed by atoms with Gasteiger partial charge >= 0.3 is 0 Å². The first-order valence-electron chi connectivity index (χ1n) is 9.58. The maximum Gasteiger partial charge on any atom is 0.105 e. The lowest BCUT2D eigenvalue weighted by atomic mass is 9.42. The molecule has 0 bridgehead atoms. The number of unbranched alkanes of at least 4 members (excludes halogenated alkanes) is 1. The molecule has 0 aromatic heterocycles. The van der Waals surface area contributed by atoms with Crippen molar-refractivity contribution in [3.8, 4) is 0 Å². The van der Waals surface area contributed by atoms with Crippen molar-refractivity contribution in [2.24, 2.45) is 27.6 Å². The number of rotatable bonds is 5. The third-order valence-electron chi connectivity index (χ3n) is 6.12. The second-order valence-corrected chi connectivity index (χ2v) is 10.6. The molecule has 1 aliphatic carbocycles. The minimum absolute atomic E-state index is 0.0768. The second kappa shape index (κ2) is 7.04. The van der Waals surface area contributed by atoms with Gasteiger partial charge in [-0.3, -0.25) is 0 Å². The zero-order chi connectivity index (χ0) is 18.1. The maximum absolute atomic E-state index is 6.22. The molecule has 0 aliphatic heterocycles. The maximum atomic E-state index is 6.22. The summed E-state index contributed by atoms with van der Waals surface area (Å²) in [6, 6.07) is 0. The predicted octanol–water partition coefficient (Wildman–Crippen LogP) is 6.64. The highest BCUT2D eigenvalue weighted by molar-refractivity contribution is 5.10. The summed E-state index contributed by atoms with van der Waals surface area (Å²) in [7, 11) is 0. The Bertz CT molecular complexity index is 356. The Morgan fingerprint density at radius 3 is 1.91 bits per heavy atom. The molecule has 1 rings (SSSR count). The van der Waals surface area contributed by atoms with Crippen LogP contribution in [0.1, 0.15) is 94.9 Å². The first-order chi connectivity index (χ1) is 10.3. The quantitative estimate of drug-likeness (QED) is 0.320. The highest BCUT2D eigenvalue weighted by Crippen LogP contribution is 2.65. The Kier molecular flexibility index (Phi) is 6.41.